The fourth-order valence-electron chi connectivity index (χ4n) is 2.17. The fraction of sp³-hybridized carbons (Fsp3) is 0.400. The Kier molecular flexibility index (Phi) is 4.86. The first-order valence-electron chi connectivity index (χ1n) is 6.57. The van der Waals surface area contributed by atoms with Crippen LogP contribution in [0.2, 0.25) is 0 Å². The zero-order valence-corrected chi connectivity index (χ0v) is 11.9. The molecule has 102 valence electrons. The van der Waals surface area contributed by atoms with Gasteiger partial charge in [0.1, 0.15) is 11.6 Å². The standard InChI is InChI=1S/C15H19ClN2O/c1-18(10-4-2-3-8-16)15-14-11-13(19)6-5-12(14)7-9-17-15/h5-7,9,11,19H,2-4,8,10H2,1H3. The second-order valence-corrected chi connectivity index (χ2v) is 5.09. The number of rotatable bonds is 6. The van der Waals surface area contributed by atoms with Gasteiger partial charge in [-0.1, -0.05) is 12.5 Å². The van der Waals surface area contributed by atoms with Crippen molar-refractivity contribution < 1.29 is 5.11 Å². The molecular weight excluding hydrogens is 260 g/mol. The summed E-state index contributed by atoms with van der Waals surface area (Å²) in [5.74, 6) is 1.92. The van der Waals surface area contributed by atoms with E-state index in [-0.39, 0.29) is 5.75 Å². The predicted molar refractivity (Wildman–Crippen MR) is 81.2 cm³/mol. The van der Waals surface area contributed by atoms with E-state index < -0.39 is 0 Å². The normalized spacial score (nSPS) is 10.8. The van der Waals surface area contributed by atoms with Crippen LogP contribution in [-0.2, 0) is 0 Å². The molecule has 0 saturated carbocycles. The van der Waals surface area contributed by atoms with Gasteiger partial charge in [-0.25, -0.2) is 4.98 Å². The smallest absolute Gasteiger partial charge is 0.136 e. The van der Waals surface area contributed by atoms with Crippen LogP contribution < -0.4 is 4.90 Å². The van der Waals surface area contributed by atoms with E-state index in [0.29, 0.717) is 0 Å². The maximum Gasteiger partial charge on any atom is 0.136 e. The first-order valence-corrected chi connectivity index (χ1v) is 7.10. The Labute approximate surface area is 118 Å². The Hall–Kier alpha value is -1.48. The number of pyridine rings is 1. The SMILES string of the molecule is CN(CCCCCCl)c1nccc2ccc(O)cc12. The molecule has 0 saturated heterocycles. The number of hydrogen-bond acceptors (Lipinski definition) is 3. The first-order chi connectivity index (χ1) is 9.22. The maximum absolute atomic E-state index is 9.62. The lowest BCUT2D eigenvalue weighted by atomic mass is 10.1. The molecular formula is C15H19ClN2O. The number of benzene rings is 1. The van der Waals surface area contributed by atoms with E-state index in [9.17, 15) is 5.11 Å². The second kappa shape index (κ2) is 6.62. The lowest BCUT2D eigenvalue weighted by Crippen LogP contribution is -2.19. The van der Waals surface area contributed by atoms with Gasteiger partial charge in [-0.3, -0.25) is 0 Å². The molecule has 4 heteroatoms. The number of hydrogen-bond donors (Lipinski definition) is 1. The topological polar surface area (TPSA) is 36.4 Å². The largest absolute Gasteiger partial charge is 0.508 e. The van der Waals surface area contributed by atoms with E-state index in [1.165, 1.54) is 0 Å². The van der Waals surface area contributed by atoms with E-state index in [4.69, 9.17) is 11.6 Å². The Morgan fingerprint density at radius 3 is 2.84 bits per heavy atom. The highest BCUT2D eigenvalue weighted by atomic mass is 35.5. The number of fused-ring (bicyclic) bond motifs is 1. The van der Waals surface area contributed by atoms with Crippen LogP contribution in [0.1, 0.15) is 19.3 Å². The summed E-state index contributed by atoms with van der Waals surface area (Å²) in [6.45, 7) is 0.943. The molecule has 3 nitrogen and oxygen atoms in total. The van der Waals surface area contributed by atoms with Gasteiger partial charge in [0.05, 0.1) is 0 Å². The van der Waals surface area contributed by atoms with Crippen molar-refractivity contribution in [3.05, 3.63) is 30.5 Å². The van der Waals surface area contributed by atoms with Crippen molar-refractivity contribution in [2.24, 2.45) is 0 Å². The summed E-state index contributed by atoms with van der Waals surface area (Å²) in [5, 5.41) is 11.7. The van der Waals surface area contributed by atoms with Crippen molar-refractivity contribution in [2.75, 3.05) is 24.4 Å². The van der Waals surface area contributed by atoms with Gasteiger partial charge in [-0.2, -0.15) is 0 Å². The number of phenols is 1. The van der Waals surface area contributed by atoms with Crippen LogP contribution in [0, 0.1) is 0 Å². The number of phenolic OH excluding ortho intramolecular Hbond substituents is 1. The number of aromatic nitrogens is 1. The second-order valence-electron chi connectivity index (χ2n) is 4.71. The van der Waals surface area contributed by atoms with Crippen molar-refractivity contribution in [3.63, 3.8) is 0 Å². The average Bonchev–Trinajstić information content (AvgIpc) is 2.42. The van der Waals surface area contributed by atoms with E-state index in [2.05, 4.69) is 9.88 Å². The third kappa shape index (κ3) is 3.51. The quantitative estimate of drug-likeness (QED) is 0.645. The zero-order valence-electron chi connectivity index (χ0n) is 11.1. The van der Waals surface area contributed by atoms with Gasteiger partial charge in [0.15, 0.2) is 0 Å². The molecule has 1 heterocycles. The molecule has 19 heavy (non-hydrogen) atoms. The zero-order chi connectivity index (χ0) is 13.7. The van der Waals surface area contributed by atoms with Crippen molar-refractivity contribution in [1.29, 1.82) is 0 Å². The van der Waals surface area contributed by atoms with Crippen LogP contribution in [0.15, 0.2) is 30.5 Å². The molecule has 1 aromatic carbocycles. The van der Waals surface area contributed by atoms with Crippen LogP contribution in [0.5, 0.6) is 5.75 Å². The third-order valence-corrected chi connectivity index (χ3v) is 3.48. The van der Waals surface area contributed by atoms with Crippen LogP contribution in [-0.4, -0.2) is 29.6 Å². The molecule has 0 radical (unpaired) electrons. The molecule has 0 amide bonds. The van der Waals surface area contributed by atoms with E-state index >= 15 is 0 Å². The summed E-state index contributed by atoms with van der Waals surface area (Å²) in [6.07, 6.45) is 5.09. The first kappa shape index (κ1) is 13.9. The molecule has 0 aliphatic rings. The average molecular weight is 279 g/mol. The number of halogens is 1. The molecule has 2 aromatic rings. The Balaban J connectivity index is 2.16. The highest BCUT2D eigenvalue weighted by Crippen LogP contribution is 2.27. The summed E-state index contributed by atoms with van der Waals surface area (Å²) in [6, 6.07) is 7.34. The van der Waals surface area contributed by atoms with Gasteiger partial charge in [0, 0.05) is 31.1 Å². The Bertz CT molecular complexity index is 545. The molecule has 2 rings (SSSR count). The molecule has 0 spiro atoms. The van der Waals surface area contributed by atoms with Gasteiger partial charge >= 0.3 is 0 Å². The van der Waals surface area contributed by atoms with Gasteiger partial charge in [0.2, 0.25) is 0 Å². The highest BCUT2D eigenvalue weighted by molar-refractivity contribution is 6.17. The molecule has 0 atom stereocenters. The Morgan fingerprint density at radius 2 is 2.05 bits per heavy atom. The van der Waals surface area contributed by atoms with Crippen LogP contribution in [0.25, 0.3) is 10.8 Å². The third-order valence-electron chi connectivity index (χ3n) is 3.22. The van der Waals surface area contributed by atoms with Crippen molar-refractivity contribution >= 4 is 28.2 Å². The summed E-state index contributed by atoms with van der Waals surface area (Å²) < 4.78 is 0. The lowest BCUT2D eigenvalue weighted by molar-refractivity contribution is 0.476. The number of anilines is 1. The van der Waals surface area contributed by atoms with Gasteiger partial charge in [-0.15, -0.1) is 11.6 Å². The fourth-order valence-corrected chi connectivity index (χ4v) is 2.36. The van der Waals surface area contributed by atoms with Crippen LogP contribution in [0.4, 0.5) is 5.82 Å². The molecule has 0 fully saturated rings. The van der Waals surface area contributed by atoms with E-state index in [1.807, 2.05) is 25.4 Å². The Morgan fingerprint density at radius 1 is 1.21 bits per heavy atom. The van der Waals surface area contributed by atoms with E-state index in [1.54, 1.807) is 12.1 Å². The number of unbranched alkanes of at least 4 members (excludes halogenated alkanes) is 2. The van der Waals surface area contributed by atoms with Crippen molar-refractivity contribution in [1.82, 2.24) is 4.98 Å². The summed E-state index contributed by atoms with van der Waals surface area (Å²) in [7, 11) is 2.03. The minimum absolute atomic E-state index is 0.275. The lowest BCUT2D eigenvalue weighted by Gasteiger charge is -2.19. The molecule has 1 N–H and O–H groups in total. The summed E-state index contributed by atoms with van der Waals surface area (Å²) >= 11 is 5.68. The molecule has 0 bridgehead atoms. The van der Waals surface area contributed by atoms with E-state index in [0.717, 1.165) is 48.3 Å². The van der Waals surface area contributed by atoms with Crippen molar-refractivity contribution in [2.45, 2.75) is 19.3 Å². The number of aromatic hydroxyl groups is 1. The minimum atomic E-state index is 0.275. The molecule has 0 unspecified atom stereocenters. The molecule has 0 aliphatic heterocycles. The minimum Gasteiger partial charge on any atom is -0.508 e. The van der Waals surface area contributed by atoms with Gasteiger partial charge in [0.25, 0.3) is 0 Å². The predicted octanol–water partition coefficient (Wildman–Crippen LogP) is 3.79. The summed E-state index contributed by atoms with van der Waals surface area (Å²) in [5.41, 5.74) is 0. The number of nitrogens with zero attached hydrogens (tertiary/aromatic N) is 2. The van der Waals surface area contributed by atoms with Gasteiger partial charge < -0.3 is 10.0 Å². The highest BCUT2D eigenvalue weighted by Gasteiger charge is 2.08. The molecule has 1 aromatic heterocycles. The maximum atomic E-state index is 9.62. The summed E-state index contributed by atoms with van der Waals surface area (Å²) in [4.78, 5) is 6.57. The number of alkyl halides is 1. The monoisotopic (exact) mass is 278 g/mol. The van der Waals surface area contributed by atoms with Crippen LogP contribution in [0.3, 0.4) is 0 Å². The van der Waals surface area contributed by atoms with Crippen molar-refractivity contribution in [3.8, 4) is 5.75 Å². The molecule has 0 aliphatic carbocycles. The van der Waals surface area contributed by atoms with Crippen LogP contribution >= 0.6 is 11.6 Å². The van der Waals surface area contributed by atoms with Gasteiger partial charge in [-0.05, 0) is 36.4 Å².